The molecule has 0 aliphatic carbocycles. The highest BCUT2D eigenvalue weighted by atomic mass is 16.6. The number of hydrogen-bond acceptors (Lipinski definition) is 4. The van der Waals surface area contributed by atoms with Gasteiger partial charge in [-0.2, -0.15) is 0 Å². The average Bonchev–Trinajstić information content (AvgIpc) is 3.01. The van der Waals surface area contributed by atoms with Crippen LogP contribution in [0.15, 0.2) is 36.5 Å². The van der Waals surface area contributed by atoms with Gasteiger partial charge < -0.3 is 14.6 Å². The molecule has 0 aliphatic heterocycles. The van der Waals surface area contributed by atoms with Gasteiger partial charge in [-0.1, -0.05) is 159 Å². The summed E-state index contributed by atoms with van der Waals surface area (Å²) in [5, 5.41) is 9.53. The molecule has 0 saturated carbocycles. The third-order valence-corrected chi connectivity index (χ3v) is 7.97. The summed E-state index contributed by atoms with van der Waals surface area (Å²) in [6.45, 7) is 5.32. The summed E-state index contributed by atoms with van der Waals surface area (Å²) in [5.41, 5.74) is 0. The number of carbonyl (C=O) groups excluding carboxylic acids is 1. The van der Waals surface area contributed by atoms with Crippen LogP contribution in [0.5, 0.6) is 0 Å². The second-order valence-electron chi connectivity index (χ2n) is 12.3. The van der Waals surface area contributed by atoms with Crippen molar-refractivity contribution in [3.63, 3.8) is 0 Å². The number of aliphatic hydroxyl groups excluding tert-OH is 1. The summed E-state index contributed by atoms with van der Waals surface area (Å²) < 4.78 is 11.1. The fourth-order valence-corrected chi connectivity index (χ4v) is 5.16. The van der Waals surface area contributed by atoms with Gasteiger partial charge in [-0.15, -0.1) is 0 Å². The lowest BCUT2D eigenvalue weighted by atomic mass is 10.1. The van der Waals surface area contributed by atoms with Gasteiger partial charge in [-0.25, -0.2) is 0 Å². The van der Waals surface area contributed by atoms with Crippen LogP contribution in [-0.2, 0) is 14.3 Å². The van der Waals surface area contributed by atoms with Crippen molar-refractivity contribution in [3.8, 4) is 0 Å². The summed E-state index contributed by atoms with van der Waals surface area (Å²) in [5.74, 6) is -0.213. The van der Waals surface area contributed by atoms with Gasteiger partial charge >= 0.3 is 5.97 Å². The van der Waals surface area contributed by atoms with E-state index in [1.165, 1.54) is 116 Å². The zero-order valence-corrected chi connectivity index (χ0v) is 28.7. The highest BCUT2D eigenvalue weighted by molar-refractivity contribution is 5.69. The van der Waals surface area contributed by atoms with E-state index in [2.05, 4.69) is 50.3 Å². The Morgan fingerprint density at radius 2 is 0.977 bits per heavy atom. The summed E-state index contributed by atoms with van der Waals surface area (Å²) >= 11 is 0. The second-order valence-corrected chi connectivity index (χ2v) is 12.3. The summed E-state index contributed by atoms with van der Waals surface area (Å²) in [7, 11) is 0. The maximum atomic E-state index is 12.1. The second kappa shape index (κ2) is 36.8. The number of aliphatic hydroxyl groups is 1. The van der Waals surface area contributed by atoms with Crippen LogP contribution in [0.3, 0.4) is 0 Å². The zero-order valence-electron chi connectivity index (χ0n) is 28.7. The van der Waals surface area contributed by atoms with Crippen LogP contribution in [0.2, 0.25) is 0 Å². The average molecular weight is 605 g/mol. The number of carbonyl (C=O) groups is 1. The summed E-state index contributed by atoms with van der Waals surface area (Å²) in [6, 6.07) is 0. The molecule has 0 aromatic heterocycles. The van der Waals surface area contributed by atoms with Crippen molar-refractivity contribution < 1.29 is 19.4 Å². The first-order chi connectivity index (χ1) is 21.2. The third kappa shape index (κ3) is 35.0. The summed E-state index contributed by atoms with van der Waals surface area (Å²) in [6.07, 6.45) is 44.7. The molecule has 252 valence electrons. The number of esters is 1. The number of ether oxygens (including phenoxy) is 2. The van der Waals surface area contributed by atoms with Crippen molar-refractivity contribution >= 4 is 5.97 Å². The fourth-order valence-electron chi connectivity index (χ4n) is 5.16. The lowest BCUT2D eigenvalue weighted by Crippen LogP contribution is -2.27. The van der Waals surface area contributed by atoms with Crippen molar-refractivity contribution in [2.75, 3.05) is 19.8 Å². The van der Waals surface area contributed by atoms with E-state index in [0.29, 0.717) is 19.6 Å². The Morgan fingerprint density at radius 3 is 1.47 bits per heavy atom. The Hall–Kier alpha value is -1.39. The van der Waals surface area contributed by atoms with Crippen molar-refractivity contribution in [1.29, 1.82) is 0 Å². The molecule has 4 nitrogen and oxygen atoms in total. The zero-order chi connectivity index (χ0) is 31.3. The Morgan fingerprint density at radius 1 is 0.558 bits per heavy atom. The van der Waals surface area contributed by atoms with Gasteiger partial charge in [0, 0.05) is 13.0 Å². The Labute approximate surface area is 268 Å². The Kier molecular flexibility index (Phi) is 35.6. The van der Waals surface area contributed by atoms with Crippen LogP contribution in [0, 0.1) is 0 Å². The van der Waals surface area contributed by atoms with Crippen molar-refractivity contribution in [1.82, 2.24) is 0 Å². The monoisotopic (exact) mass is 605 g/mol. The lowest BCUT2D eigenvalue weighted by molar-refractivity contribution is -0.154. The molecule has 1 unspecified atom stereocenters. The van der Waals surface area contributed by atoms with Gasteiger partial charge in [0.05, 0.1) is 13.2 Å². The molecule has 0 aromatic carbocycles. The quantitative estimate of drug-likeness (QED) is 0.0451. The molecule has 1 N–H and O–H groups in total. The lowest BCUT2D eigenvalue weighted by Gasteiger charge is -2.15. The predicted octanol–water partition coefficient (Wildman–Crippen LogP) is 11.8. The van der Waals surface area contributed by atoms with Crippen LogP contribution < -0.4 is 0 Å². The minimum Gasteiger partial charge on any atom is -0.457 e. The van der Waals surface area contributed by atoms with Crippen molar-refractivity contribution in [2.45, 2.75) is 187 Å². The molecule has 0 spiro atoms. The van der Waals surface area contributed by atoms with Crippen LogP contribution >= 0.6 is 0 Å². The third-order valence-electron chi connectivity index (χ3n) is 7.97. The summed E-state index contributed by atoms with van der Waals surface area (Å²) in [4.78, 5) is 12.1. The first-order valence-electron chi connectivity index (χ1n) is 18.6. The molecular formula is C39H72O4. The fraction of sp³-hybridized carbons (Fsp3) is 0.821. The van der Waals surface area contributed by atoms with Gasteiger partial charge in [0.15, 0.2) is 0 Å². The topological polar surface area (TPSA) is 55.8 Å². The van der Waals surface area contributed by atoms with E-state index in [9.17, 15) is 9.90 Å². The van der Waals surface area contributed by atoms with Gasteiger partial charge in [0.1, 0.15) is 6.10 Å². The molecule has 1 atom stereocenters. The van der Waals surface area contributed by atoms with Gasteiger partial charge in [-0.05, 0) is 51.4 Å². The highest BCUT2D eigenvalue weighted by Crippen LogP contribution is 2.12. The van der Waals surface area contributed by atoms with Crippen LogP contribution in [0.4, 0.5) is 0 Å². The molecular weight excluding hydrogens is 532 g/mol. The largest absolute Gasteiger partial charge is 0.457 e. The van der Waals surface area contributed by atoms with E-state index in [4.69, 9.17) is 9.47 Å². The van der Waals surface area contributed by atoms with Crippen LogP contribution in [-0.4, -0.2) is 37.0 Å². The number of allylic oxidation sites excluding steroid dienone is 6. The Bertz CT molecular complexity index is 639. The molecule has 0 fully saturated rings. The van der Waals surface area contributed by atoms with Crippen LogP contribution in [0.1, 0.15) is 181 Å². The van der Waals surface area contributed by atoms with Crippen molar-refractivity contribution in [3.05, 3.63) is 36.5 Å². The standard InChI is InChI=1S/C39H72O4/c1-3-5-7-9-11-13-15-16-17-18-19-20-21-22-23-24-25-26-28-30-32-34-39(41)43-38(36-40)37-42-35-33-31-29-27-14-12-10-8-6-4-2/h15-16,18-19,21-22,38,40H,3-14,17,20,23-37H2,1-2H3/b16-15-,19-18-,22-21-. The molecule has 0 saturated heterocycles. The van der Waals surface area contributed by atoms with Gasteiger partial charge in [0.25, 0.3) is 0 Å². The minimum absolute atomic E-state index is 0.175. The SMILES string of the molecule is CCCCCCC/C=C\C/C=C\C/C=C\CCCCCCCCC(=O)OC(CO)COCCCCCCCCCCCC. The molecule has 0 aliphatic rings. The normalized spacial score (nSPS) is 12.7. The molecule has 0 bridgehead atoms. The number of unbranched alkanes of at least 4 members (excludes halogenated alkanes) is 20. The first kappa shape index (κ1) is 41.6. The minimum atomic E-state index is -0.536. The van der Waals surface area contributed by atoms with Crippen LogP contribution in [0.25, 0.3) is 0 Å². The number of rotatable bonds is 34. The highest BCUT2D eigenvalue weighted by Gasteiger charge is 2.13. The van der Waals surface area contributed by atoms with E-state index in [0.717, 1.165) is 44.9 Å². The molecule has 0 amide bonds. The van der Waals surface area contributed by atoms with E-state index < -0.39 is 6.10 Å². The molecule has 0 aromatic rings. The Balaban J connectivity index is 3.49. The molecule has 0 heterocycles. The molecule has 0 radical (unpaired) electrons. The maximum absolute atomic E-state index is 12.1. The molecule has 43 heavy (non-hydrogen) atoms. The van der Waals surface area contributed by atoms with Gasteiger partial charge in [-0.3, -0.25) is 4.79 Å². The van der Waals surface area contributed by atoms with E-state index >= 15 is 0 Å². The molecule has 0 rings (SSSR count). The number of hydrogen-bond donors (Lipinski definition) is 1. The van der Waals surface area contributed by atoms with E-state index in [1.807, 2.05) is 0 Å². The molecule has 4 heteroatoms. The van der Waals surface area contributed by atoms with E-state index in [1.54, 1.807) is 0 Å². The maximum Gasteiger partial charge on any atom is 0.306 e. The van der Waals surface area contributed by atoms with Gasteiger partial charge in [0.2, 0.25) is 0 Å². The predicted molar refractivity (Wildman–Crippen MR) is 187 cm³/mol. The van der Waals surface area contributed by atoms with E-state index in [-0.39, 0.29) is 12.6 Å². The smallest absolute Gasteiger partial charge is 0.306 e. The first-order valence-corrected chi connectivity index (χ1v) is 18.6. The van der Waals surface area contributed by atoms with Crippen molar-refractivity contribution in [2.24, 2.45) is 0 Å².